The summed E-state index contributed by atoms with van der Waals surface area (Å²) in [5.41, 5.74) is -0.189. The lowest BCUT2D eigenvalue weighted by Gasteiger charge is -1.97. The number of hydrogen-bond acceptors (Lipinski definition) is 5. The molecule has 0 amide bonds. The van der Waals surface area contributed by atoms with Gasteiger partial charge in [0.05, 0.1) is 0 Å². The third-order valence-electron chi connectivity index (χ3n) is 1.67. The van der Waals surface area contributed by atoms with Gasteiger partial charge in [-0.2, -0.15) is 18.2 Å². The third-order valence-corrected chi connectivity index (χ3v) is 1.67. The average molecular weight is 231 g/mol. The number of halogens is 3. The number of rotatable bonds is 1. The Labute approximate surface area is 86.5 Å². The maximum absolute atomic E-state index is 12.1. The van der Waals surface area contributed by atoms with E-state index in [1.165, 1.54) is 18.3 Å². The van der Waals surface area contributed by atoms with Crippen LogP contribution in [0.3, 0.4) is 0 Å². The molecule has 0 aliphatic carbocycles. The second-order valence-corrected chi connectivity index (χ2v) is 2.79. The summed E-state index contributed by atoms with van der Waals surface area (Å²) in [6, 6.07) is 2.67. The number of aromatic nitrogens is 3. The summed E-state index contributed by atoms with van der Waals surface area (Å²) in [5, 5.41) is 12.0. The van der Waals surface area contributed by atoms with Crippen molar-refractivity contribution in [3.05, 3.63) is 24.2 Å². The largest absolute Gasteiger partial charge is 0.505 e. The van der Waals surface area contributed by atoms with Crippen LogP contribution < -0.4 is 0 Å². The SMILES string of the molecule is Oc1cccnc1-c1nc(C(F)(F)F)no1. The molecule has 0 spiro atoms. The standard InChI is InChI=1S/C8H4F3N3O2/c9-8(10,11)7-13-6(16-14-7)5-4(15)2-1-3-12-5/h1-3,15H. The lowest BCUT2D eigenvalue weighted by Crippen LogP contribution is -2.07. The van der Waals surface area contributed by atoms with Crippen molar-refractivity contribution < 1.29 is 22.8 Å². The molecule has 2 aromatic heterocycles. The van der Waals surface area contributed by atoms with E-state index in [0.717, 1.165) is 0 Å². The molecule has 0 aromatic carbocycles. The molecular weight excluding hydrogens is 227 g/mol. The minimum Gasteiger partial charge on any atom is -0.505 e. The summed E-state index contributed by atoms with van der Waals surface area (Å²) in [5.74, 6) is -2.22. The van der Waals surface area contributed by atoms with Gasteiger partial charge in [-0.1, -0.05) is 5.16 Å². The van der Waals surface area contributed by atoms with E-state index in [-0.39, 0.29) is 11.4 Å². The molecule has 0 saturated carbocycles. The minimum absolute atomic E-state index is 0.189. The minimum atomic E-state index is -4.69. The van der Waals surface area contributed by atoms with Crippen LogP contribution >= 0.6 is 0 Å². The predicted molar refractivity (Wildman–Crippen MR) is 44.2 cm³/mol. The maximum atomic E-state index is 12.1. The summed E-state index contributed by atoms with van der Waals surface area (Å²) >= 11 is 0. The Morgan fingerprint density at radius 2 is 2.06 bits per heavy atom. The summed E-state index contributed by atoms with van der Waals surface area (Å²) in [6.07, 6.45) is -3.40. The van der Waals surface area contributed by atoms with Crippen LogP contribution in [0.2, 0.25) is 0 Å². The molecule has 8 heteroatoms. The van der Waals surface area contributed by atoms with Crippen LogP contribution in [0.4, 0.5) is 13.2 Å². The predicted octanol–water partition coefficient (Wildman–Crippen LogP) is 1.86. The van der Waals surface area contributed by atoms with Gasteiger partial charge in [-0.25, -0.2) is 4.98 Å². The van der Waals surface area contributed by atoms with E-state index in [4.69, 9.17) is 0 Å². The zero-order chi connectivity index (χ0) is 11.8. The van der Waals surface area contributed by atoms with Crippen molar-refractivity contribution >= 4 is 0 Å². The highest BCUT2D eigenvalue weighted by Crippen LogP contribution is 2.30. The zero-order valence-electron chi connectivity index (χ0n) is 7.56. The lowest BCUT2D eigenvalue weighted by molar-refractivity contribution is -0.146. The third kappa shape index (κ3) is 1.81. The number of nitrogens with zero attached hydrogens (tertiary/aromatic N) is 3. The molecule has 0 atom stereocenters. The second-order valence-electron chi connectivity index (χ2n) is 2.79. The number of aromatic hydroxyl groups is 1. The van der Waals surface area contributed by atoms with Crippen molar-refractivity contribution in [3.63, 3.8) is 0 Å². The van der Waals surface area contributed by atoms with E-state index in [2.05, 4.69) is 19.6 Å². The van der Waals surface area contributed by atoms with Gasteiger partial charge in [0.15, 0.2) is 5.69 Å². The van der Waals surface area contributed by atoms with Gasteiger partial charge in [0.25, 0.3) is 11.7 Å². The highest BCUT2D eigenvalue weighted by atomic mass is 19.4. The molecule has 1 N–H and O–H groups in total. The first-order valence-electron chi connectivity index (χ1n) is 4.04. The number of alkyl halides is 3. The maximum Gasteiger partial charge on any atom is 0.455 e. The van der Waals surface area contributed by atoms with E-state index in [1.54, 1.807) is 0 Å². The van der Waals surface area contributed by atoms with Gasteiger partial charge >= 0.3 is 6.18 Å². The van der Waals surface area contributed by atoms with Crippen molar-refractivity contribution in [1.82, 2.24) is 15.1 Å². The van der Waals surface area contributed by atoms with Crippen LogP contribution in [0.25, 0.3) is 11.6 Å². The highest BCUT2D eigenvalue weighted by Gasteiger charge is 2.37. The van der Waals surface area contributed by atoms with E-state index in [9.17, 15) is 18.3 Å². The molecule has 84 valence electrons. The molecule has 5 nitrogen and oxygen atoms in total. The fourth-order valence-electron chi connectivity index (χ4n) is 0.996. The number of hydrogen-bond donors (Lipinski definition) is 1. The lowest BCUT2D eigenvalue weighted by atomic mass is 10.3. The first-order chi connectivity index (χ1) is 7.48. The monoisotopic (exact) mass is 231 g/mol. The van der Waals surface area contributed by atoms with Gasteiger partial charge in [-0.3, -0.25) is 0 Å². The molecule has 0 unspecified atom stereocenters. The highest BCUT2D eigenvalue weighted by molar-refractivity contribution is 5.55. The van der Waals surface area contributed by atoms with Crippen LogP contribution in [-0.4, -0.2) is 20.2 Å². The summed E-state index contributed by atoms with van der Waals surface area (Å²) in [7, 11) is 0. The Hall–Kier alpha value is -2.12. The molecule has 2 aromatic rings. The molecule has 0 aliphatic heterocycles. The van der Waals surface area contributed by atoms with Crippen molar-refractivity contribution in [2.75, 3.05) is 0 Å². The smallest absolute Gasteiger partial charge is 0.455 e. The Kier molecular flexibility index (Phi) is 2.26. The van der Waals surface area contributed by atoms with Gasteiger partial charge in [0.1, 0.15) is 5.75 Å². The Morgan fingerprint density at radius 3 is 2.62 bits per heavy atom. The van der Waals surface area contributed by atoms with Crippen LogP contribution in [0.1, 0.15) is 5.82 Å². The van der Waals surface area contributed by atoms with Crippen LogP contribution in [-0.2, 0) is 6.18 Å². The van der Waals surface area contributed by atoms with Gasteiger partial charge in [0, 0.05) is 6.20 Å². The van der Waals surface area contributed by atoms with E-state index < -0.39 is 17.9 Å². The van der Waals surface area contributed by atoms with E-state index in [0.29, 0.717) is 0 Å². The second kappa shape index (κ2) is 3.47. The van der Waals surface area contributed by atoms with Crippen LogP contribution in [0.15, 0.2) is 22.9 Å². The molecule has 0 fully saturated rings. The summed E-state index contributed by atoms with van der Waals surface area (Å²) in [4.78, 5) is 6.72. The fraction of sp³-hybridized carbons (Fsp3) is 0.125. The fourth-order valence-corrected chi connectivity index (χ4v) is 0.996. The molecule has 0 bridgehead atoms. The molecular formula is C8H4F3N3O2. The Morgan fingerprint density at radius 1 is 1.31 bits per heavy atom. The van der Waals surface area contributed by atoms with Gasteiger partial charge in [-0.05, 0) is 12.1 Å². The van der Waals surface area contributed by atoms with Crippen molar-refractivity contribution in [2.45, 2.75) is 6.18 Å². The molecule has 0 saturated heterocycles. The Balaban J connectivity index is 2.44. The molecule has 2 heterocycles. The van der Waals surface area contributed by atoms with E-state index in [1.807, 2.05) is 0 Å². The first-order valence-corrected chi connectivity index (χ1v) is 4.04. The number of pyridine rings is 1. The molecule has 2 rings (SSSR count). The average Bonchev–Trinajstić information content (AvgIpc) is 2.66. The molecule has 16 heavy (non-hydrogen) atoms. The van der Waals surface area contributed by atoms with Crippen LogP contribution in [0.5, 0.6) is 5.75 Å². The van der Waals surface area contributed by atoms with Crippen LogP contribution in [0, 0.1) is 0 Å². The Bertz CT molecular complexity index is 509. The van der Waals surface area contributed by atoms with Gasteiger partial charge in [0.2, 0.25) is 0 Å². The topological polar surface area (TPSA) is 72.0 Å². The molecule has 0 aliphatic rings. The first kappa shape index (κ1) is 10.4. The van der Waals surface area contributed by atoms with Crippen molar-refractivity contribution in [1.29, 1.82) is 0 Å². The van der Waals surface area contributed by atoms with Gasteiger partial charge < -0.3 is 9.63 Å². The van der Waals surface area contributed by atoms with Crippen molar-refractivity contribution in [2.24, 2.45) is 0 Å². The van der Waals surface area contributed by atoms with Crippen molar-refractivity contribution in [3.8, 4) is 17.3 Å². The molecule has 0 radical (unpaired) electrons. The quantitative estimate of drug-likeness (QED) is 0.810. The zero-order valence-corrected chi connectivity index (χ0v) is 7.56. The normalized spacial score (nSPS) is 11.7. The van der Waals surface area contributed by atoms with E-state index >= 15 is 0 Å². The van der Waals surface area contributed by atoms with Gasteiger partial charge in [-0.15, -0.1) is 0 Å². The summed E-state index contributed by atoms with van der Waals surface area (Å²) in [6.45, 7) is 0. The summed E-state index contributed by atoms with van der Waals surface area (Å²) < 4.78 is 40.8.